The summed E-state index contributed by atoms with van der Waals surface area (Å²) in [5.41, 5.74) is 1.39. The fourth-order valence-corrected chi connectivity index (χ4v) is 1.15. The minimum absolute atomic E-state index is 0.279. The highest BCUT2D eigenvalue weighted by molar-refractivity contribution is 5.54. The minimum Gasteiger partial charge on any atom is -0.235 e. The molecule has 2 aromatic rings. The van der Waals surface area contributed by atoms with E-state index in [2.05, 4.69) is 15.9 Å². The molecule has 2 nitrogen and oxygen atoms in total. The first kappa shape index (κ1) is 9.35. The molecular formula is C12H7FN2. The van der Waals surface area contributed by atoms with Crippen LogP contribution in [0.1, 0.15) is 5.56 Å². The molecular weight excluding hydrogens is 191 g/mol. The lowest BCUT2D eigenvalue weighted by atomic mass is 10.2. The fraction of sp³-hybridized carbons (Fsp3) is 0. The molecule has 0 atom stereocenters. The zero-order chi connectivity index (χ0) is 10.7. The SMILES string of the molecule is C#Cc1cnc(-c2ccc(F)cc2)nc1. The largest absolute Gasteiger partial charge is 0.235 e. The van der Waals surface area contributed by atoms with Crippen molar-refractivity contribution in [3.63, 3.8) is 0 Å². The predicted octanol–water partition coefficient (Wildman–Crippen LogP) is 2.26. The van der Waals surface area contributed by atoms with Gasteiger partial charge in [0, 0.05) is 18.0 Å². The smallest absolute Gasteiger partial charge is 0.159 e. The highest BCUT2D eigenvalue weighted by Gasteiger charge is 2.00. The van der Waals surface area contributed by atoms with Crippen molar-refractivity contribution in [2.75, 3.05) is 0 Å². The third-order valence-electron chi connectivity index (χ3n) is 1.92. The number of aromatic nitrogens is 2. The summed E-state index contributed by atoms with van der Waals surface area (Å²) >= 11 is 0. The zero-order valence-electron chi connectivity index (χ0n) is 7.81. The van der Waals surface area contributed by atoms with E-state index >= 15 is 0 Å². The van der Waals surface area contributed by atoms with Gasteiger partial charge in [0.25, 0.3) is 0 Å². The van der Waals surface area contributed by atoms with Crippen LogP contribution in [0.2, 0.25) is 0 Å². The van der Waals surface area contributed by atoms with Crippen LogP contribution in [-0.4, -0.2) is 9.97 Å². The molecule has 1 aromatic heterocycles. The summed E-state index contributed by atoms with van der Waals surface area (Å²) in [6, 6.07) is 5.99. The zero-order valence-corrected chi connectivity index (χ0v) is 7.81. The molecule has 0 amide bonds. The summed E-state index contributed by atoms with van der Waals surface area (Å²) in [6.07, 6.45) is 8.30. The maximum Gasteiger partial charge on any atom is 0.159 e. The van der Waals surface area contributed by atoms with Gasteiger partial charge < -0.3 is 0 Å². The van der Waals surface area contributed by atoms with E-state index in [0.717, 1.165) is 5.56 Å². The maximum atomic E-state index is 12.7. The highest BCUT2D eigenvalue weighted by Crippen LogP contribution is 2.14. The minimum atomic E-state index is -0.279. The van der Waals surface area contributed by atoms with Gasteiger partial charge in [-0.3, -0.25) is 0 Å². The third-order valence-corrected chi connectivity index (χ3v) is 1.92. The van der Waals surface area contributed by atoms with Crippen molar-refractivity contribution in [1.29, 1.82) is 0 Å². The highest BCUT2D eigenvalue weighted by atomic mass is 19.1. The Labute approximate surface area is 86.8 Å². The van der Waals surface area contributed by atoms with E-state index in [1.165, 1.54) is 12.1 Å². The van der Waals surface area contributed by atoms with Crippen molar-refractivity contribution in [1.82, 2.24) is 9.97 Å². The quantitative estimate of drug-likeness (QED) is 0.657. The number of halogens is 1. The van der Waals surface area contributed by atoms with E-state index in [1.54, 1.807) is 24.5 Å². The molecule has 15 heavy (non-hydrogen) atoms. The lowest BCUT2D eigenvalue weighted by Crippen LogP contribution is -1.89. The van der Waals surface area contributed by atoms with Crippen molar-refractivity contribution >= 4 is 0 Å². The van der Waals surface area contributed by atoms with Crippen LogP contribution < -0.4 is 0 Å². The van der Waals surface area contributed by atoms with Gasteiger partial charge in [0.1, 0.15) is 5.82 Å². The first-order chi connectivity index (χ1) is 7.29. The molecule has 0 spiro atoms. The van der Waals surface area contributed by atoms with Crippen LogP contribution in [0.5, 0.6) is 0 Å². The van der Waals surface area contributed by atoms with Gasteiger partial charge in [-0.25, -0.2) is 14.4 Å². The molecule has 0 radical (unpaired) electrons. The molecule has 1 aromatic carbocycles. The van der Waals surface area contributed by atoms with E-state index in [4.69, 9.17) is 6.42 Å². The van der Waals surface area contributed by atoms with Crippen molar-refractivity contribution in [3.05, 3.63) is 48.0 Å². The summed E-state index contributed by atoms with van der Waals surface area (Å²) in [7, 11) is 0. The number of rotatable bonds is 1. The summed E-state index contributed by atoms with van der Waals surface area (Å²) in [6.45, 7) is 0. The van der Waals surface area contributed by atoms with E-state index in [1.807, 2.05) is 0 Å². The monoisotopic (exact) mass is 198 g/mol. The number of hydrogen-bond acceptors (Lipinski definition) is 2. The van der Waals surface area contributed by atoms with Gasteiger partial charge in [-0.05, 0) is 24.3 Å². The summed E-state index contributed by atoms with van der Waals surface area (Å²) in [5.74, 6) is 2.69. The second kappa shape index (κ2) is 3.89. The molecule has 0 N–H and O–H groups in total. The Kier molecular flexibility index (Phi) is 2.42. The van der Waals surface area contributed by atoms with Crippen molar-refractivity contribution < 1.29 is 4.39 Å². The Balaban J connectivity index is 2.38. The van der Waals surface area contributed by atoms with E-state index < -0.39 is 0 Å². The third kappa shape index (κ3) is 2.00. The molecule has 0 fully saturated rings. The first-order valence-electron chi connectivity index (χ1n) is 4.34. The Morgan fingerprint density at radius 2 is 1.67 bits per heavy atom. The van der Waals surface area contributed by atoms with Gasteiger partial charge in [0.2, 0.25) is 0 Å². The second-order valence-corrected chi connectivity index (χ2v) is 2.95. The molecule has 0 saturated carbocycles. The predicted molar refractivity (Wildman–Crippen MR) is 55.4 cm³/mol. The topological polar surface area (TPSA) is 25.8 Å². The molecule has 0 aliphatic carbocycles. The number of benzene rings is 1. The van der Waals surface area contributed by atoms with E-state index in [-0.39, 0.29) is 5.82 Å². The van der Waals surface area contributed by atoms with Gasteiger partial charge in [-0.1, -0.05) is 5.92 Å². The number of nitrogens with zero attached hydrogens (tertiary/aromatic N) is 2. The van der Waals surface area contributed by atoms with Crippen LogP contribution in [-0.2, 0) is 0 Å². The summed E-state index contributed by atoms with van der Waals surface area (Å²) < 4.78 is 12.7. The van der Waals surface area contributed by atoms with Crippen LogP contribution >= 0.6 is 0 Å². The van der Waals surface area contributed by atoms with Crippen LogP contribution in [0.4, 0.5) is 4.39 Å². The maximum absolute atomic E-state index is 12.7. The Bertz CT molecular complexity index is 495. The van der Waals surface area contributed by atoms with Gasteiger partial charge in [0.05, 0.1) is 5.56 Å². The van der Waals surface area contributed by atoms with E-state index in [0.29, 0.717) is 11.4 Å². The average molecular weight is 198 g/mol. The molecule has 3 heteroatoms. The molecule has 72 valence electrons. The fourth-order valence-electron chi connectivity index (χ4n) is 1.15. The standard InChI is InChI=1S/C12H7FN2/c1-2-9-7-14-12(15-8-9)10-3-5-11(13)6-4-10/h1,3-8H. The Morgan fingerprint density at radius 1 is 1.07 bits per heavy atom. The number of terminal acetylenes is 1. The first-order valence-corrected chi connectivity index (χ1v) is 4.34. The molecule has 2 rings (SSSR count). The molecule has 0 bridgehead atoms. The summed E-state index contributed by atoms with van der Waals surface area (Å²) in [4.78, 5) is 8.15. The average Bonchev–Trinajstić information content (AvgIpc) is 2.30. The lowest BCUT2D eigenvalue weighted by Gasteiger charge is -1.99. The Morgan fingerprint density at radius 3 is 2.20 bits per heavy atom. The Hall–Kier alpha value is -2.21. The van der Waals surface area contributed by atoms with Crippen LogP contribution in [0.15, 0.2) is 36.7 Å². The van der Waals surface area contributed by atoms with Gasteiger partial charge >= 0.3 is 0 Å². The van der Waals surface area contributed by atoms with E-state index in [9.17, 15) is 4.39 Å². The molecule has 0 saturated heterocycles. The van der Waals surface area contributed by atoms with Crippen LogP contribution in [0, 0.1) is 18.2 Å². The van der Waals surface area contributed by atoms with Crippen LogP contribution in [0.3, 0.4) is 0 Å². The van der Waals surface area contributed by atoms with Crippen molar-refractivity contribution in [2.45, 2.75) is 0 Å². The molecule has 0 aliphatic heterocycles. The second-order valence-electron chi connectivity index (χ2n) is 2.95. The van der Waals surface area contributed by atoms with Gasteiger partial charge in [-0.15, -0.1) is 6.42 Å². The lowest BCUT2D eigenvalue weighted by molar-refractivity contribution is 0.628. The van der Waals surface area contributed by atoms with Crippen molar-refractivity contribution in [2.24, 2.45) is 0 Å². The normalized spacial score (nSPS) is 9.60. The molecule has 1 heterocycles. The number of hydrogen-bond donors (Lipinski definition) is 0. The molecule has 0 unspecified atom stereocenters. The molecule has 0 aliphatic rings. The van der Waals surface area contributed by atoms with Gasteiger partial charge in [0.15, 0.2) is 5.82 Å². The summed E-state index contributed by atoms with van der Waals surface area (Å²) in [5, 5.41) is 0. The van der Waals surface area contributed by atoms with Crippen LogP contribution in [0.25, 0.3) is 11.4 Å². The van der Waals surface area contributed by atoms with Gasteiger partial charge in [-0.2, -0.15) is 0 Å². The van der Waals surface area contributed by atoms with Crippen molar-refractivity contribution in [3.8, 4) is 23.7 Å².